The zero-order chi connectivity index (χ0) is 10.6. The number of hydrogen-bond acceptors (Lipinski definition) is 3. The molecule has 1 aromatic rings. The molecule has 1 heterocycles. The summed E-state index contributed by atoms with van der Waals surface area (Å²) in [7, 11) is 0. The molecule has 0 aliphatic heterocycles. The molecule has 0 unspecified atom stereocenters. The maximum atomic E-state index is 11.2. The molecule has 1 aromatic heterocycles. The number of halogens is 1. The minimum absolute atomic E-state index is 0.0620. The van der Waals surface area contributed by atoms with Crippen molar-refractivity contribution < 1.29 is 19.1 Å². The number of rotatable bonds is 4. The predicted molar refractivity (Wildman–Crippen MR) is 48.3 cm³/mol. The maximum Gasteiger partial charge on any atom is 0.305 e. The van der Waals surface area contributed by atoms with Gasteiger partial charge in [0.1, 0.15) is 6.26 Å². The van der Waals surface area contributed by atoms with Crippen molar-refractivity contribution in [1.29, 1.82) is 0 Å². The summed E-state index contributed by atoms with van der Waals surface area (Å²) in [4.78, 5) is 21.3. The van der Waals surface area contributed by atoms with Crippen LogP contribution in [0, 0.1) is 0 Å². The van der Waals surface area contributed by atoms with Crippen molar-refractivity contribution >= 4 is 23.5 Å². The number of carbonyl (C=O) groups is 2. The smallest absolute Gasteiger partial charge is 0.305 e. The van der Waals surface area contributed by atoms with E-state index < -0.39 is 11.9 Å². The fraction of sp³-hybridized carbons (Fsp3) is 0.250. The number of hydrogen-bond donors (Lipinski definition) is 2. The lowest BCUT2D eigenvalue weighted by atomic mass is 10.4. The standard InChI is InChI=1S/C8H8ClNO4/c9-5-3-6(14-4-5)8(13)10-2-1-7(11)12/h3-4H,1-2H2,(H,10,13)(H,11,12). The second-order valence-corrected chi connectivity index (χ2v) is 2.97. The van der Waals surface area contributed by atoms with Crippen LogP contribution in [0.15, 0.2) is 16.7 Å². The Morgan fingerprint density at radius 1 is 1.57 bits per heavy atom. The molecule has 0 aliphatic rings. The van der Waals surface area contributed by atoms with Gasteiger partial charge in [0.15, 0.2) is 5.76 Å². The SMILES string of the molecule is O=C(O)CCNC(=O)c1cc(Cl)co1. The summed E-state index contributed by atoms with van der Waals surface area (Å²) in [5, 5.41) is 11.0. The van der Waals surface area contributed by atoms with Crippen molar-refractivity contribution in [2.45, 2.75) is 6.42 Å². The largest absolute Gasteiger partial charge is 0.481 e. The quantitative estimate of drug-likeness (QED) is 0.793. The summed E-state index contributed by atoms with van der Waals surface area (Å²) in [6.45, 7) is 0.0620. The maximum absolute atomic E-state index is 11.2. The molecule has 76 valence electrons. The number of furan rings is 1. The summed E-state index contributed by atoms with van der Waals surface area (Å²) in [5.41, 5.74) is 0. The Bertz CT molecular complexity index is 347. The van der Waals surface area contributed by atoms with Gasteiger partial charge in [-0.15, -0.1) is 0 Å². The fourth-order valence-corrected chi connectivity index (χ4v) is 0.946. The molecule has 0 atom stereocenters. The lowest BCUT2D eigenvalue weighted by Crippen LogP contribution is -2.25. The van der Waals surface area contributed by atoms with Crippen LogP contribution in [0.1, 0.15) is 17.0 Å². The zero-order valence-electron chi connectivity index (χ0n) is 7.12. The van der Waals surface area contributed by atoms with Crippen molar-refractivity contribution in [3.8, 4) is 0 Å². The highest BCUT2D eigenvalue weighted by Gasteiger charge is 2.09. The Balaban J connectivity index is 2.39. The third kappa shape index (κ3) is 3.10. The third-order valence-electron chi connectivity index (χ3n) is 1.42. The van der Waals surface area contributed by atoms with Crippen LogP contribution in [0.2, 0.25) is 5.02 Å². The molecule has 0 spiro atoms. The van der Waals surface area contributed by atoms with Crippen LogP contribution < -0.4 is 5.32 Å². The van der Waals surface area contributed by atoms with Gasteiger partial charge < -0.3 is 14.8 Å². The molecule has 1 rings (SSSR count). The molecule has 0 radical (unpaired) electrons. The number of carboxylic acid groups (broad SMARTS) is 1. The highest BCUT2D eigenvalue weighted by atomic mass is 35.5. The van der Waals surface area contributed by atoms with Crippen LogP contribution in [0.25, 0.3) is 0 Å². The van der Waals surface area contributed by atoms with Gasteiger partial charge in [-0.25, -0.2) is 0 Å². The fourth-order valence-electron chi connectivity index (χ4n) is 0.802. The lowest BCUT2D eigenvalue weighted by molar-refractivity contribution is -0.136. The first-order valence-electron chi connectivity index (χ1n) is 3.83. The van der Waals surface area contributed by atoms with E-state index in [2.05, 4.69) is 5.32 Å². The van der Waals surface area contributed by atoms with Crippen molar-refractivity contribution in [3.63, 3.8) is 0 Å². The van der Waals surface area contributed by atoms with Crippen LogP contribution >= 0.6 is 11.6 Å². The van der Waals surface area contributed by atoms with Crippen LogP contribution in [0.5, 0.6) is 0 Å². The number of nitrogens with one attached hydrogen (secondary N) is 1. The number of carboxylic acids is 1. The summed E-state index contributed by atoms with van der Waals surface area (Å²) in [6, 6.07) is 1.36. The van der Waals surface area contributed by atoms with Gasteiger partial charge in [0.25, 0.3) is 5.91 Å². The van der Waals surface area contributed by atoms with Crippen LogP contribution in [0.3, 0.4) is 0 Å². The monoisotopic (exact) mass is 217 g/mol. The molecule has 2 N–H and O–H groups in total. The first-order valence-corrected chi connectivity index (χ1v) is 4.21. The molecule has 0 bridgehead atoms. The first-order chi connectivity index (χ1) is 6.59. The van der Waals surface area contributed by atoms with Gasteiger partial charge in [0.05, 0.1) is 11.4 Å². The van der Waals surface area contributed by atoms with E-state index >= 15 is 0 Å². The highest BCUT2D eigenvalue weighted by molar-refractivity contribution is 6.30. The van der Waals surface area contributed by atoms with Gasteiger partial charge in [0.2, 0.25) is 0 Å². The van der Waals surface area contributed by atoms with Gasteiger partial charge in [0, 0.05) is 12.6 Å². The van der Waals surface area contributed by atoms with Gasteiger partial charge in [-0.3, -0.25) is 9.59 Å². The Hall–Kier alpha value is -1.49. The number of amides is 1. The van der Waals surface area contributed by atoms with Crippen molar-refractivity contribution in [2.24, 2.45) is 0 Å². The minimum Gasteiger partial charge on any atom is -0.481 e. The topological polar surface area (TPSA) is 79.5 Å². The average Bonchev–Trinajstić information content (AvgIpc) is 2.51. The zero-order valence-corrected chi connectivity index (χ0v) is 7.87. The molecule has 14 heavy (non-hydrogen) atoms. The van der Waals surface area contributed by atoms with Gasteiger partial charge >= 0.3 is 5.97 Å². The van der Waals surface area contributed by atoms with E-state index in [4.69, 9.17) is 21.1 Å². The van der Waals surface area contributed by atoms with E-state index in [1.807, 2.05) is 0 Å². The molecular weight excluding hydrogens is 210 g/mol. The van der Waals surface area contributed by atoms with Crippen molar-refractivity contribution in [3.05, 3.63) is 23.1 Å². The van der Waals surface area contributed by atoms with E-state index in [1.54, 1.807) is 0 Å². The van der Waals surface area contributed by atoms with Gasteiger partial charge in [-0.1, -0.05) is 11.6 Å². The second kappa shape index (κ2) is 4.66. The van der Waals surface area contributed by atoms with E-state index in [-0.39, 0.29) is 18.7 Å². The van der Waals surface area contributed by atoms with Crippen LogP contribution in [-0.2, 0) is 4.79 Å². The summed E-state index contributed by atoms with van der Waals surface area (Å²) >= 11 is 5.52. The predicted octanol–water partition coefficient (Wildman–Crippen LogP) is 1.14. The van der Waals surface area contributed by atoms with Crippen molar-refractivity contribution in [1.82, 2.24) is 5.32 Å². The lowest BCUT2D eigenvalue weighted by Gasteiger charge is -1.98. The summed E-state index contributed by atoms with van der Waals surface area (Å²) in [6.07, 6.45) is 1.11. The van der Waals surface area contributed by atoms with Crippen LogP contribution in [-0.4, -0.2) is 23.5 Å². The highest BCUT2D eigenvalue weighted by Crippen LogP contribution is 2.12. The van der Waals surface area contributed by atoms with E-state index in [0.29, 0.717) is 5.02 Å². The van der Waals surface area contributed by atoms with Gasteiger partial charge in [-0.2, -0.15) is 0 Å². The van der Waals surface area contributed by atoms with Gasteiger partial charge in [-0.05, 0) is 0 Å². The van der Waals surface area contributed by atoms with E-state index in [1.165, 1.54) is 12.3 Å². The molecule has 0 aliphatic carbocycles. The first kappa shape index (κ1) is 10.6. The molecule has 5 nitrogen and oxygen atoms in total. The molecule has 1 amide bonds. The normalized spacial score (nSPS) is 9.79. The number of carbonyl (C=O) groups excluding carboxylic acids is 1. The molecule has 0 saturated carbocycles. The molecule has 0 saturated heterocycles. The minimum atomic E-state index is -0.970. The molecule has 0 aromatic carbocycles. The van der Waals surface area contributed by atoms with Crippen LogP contribution in [0.4, 0.5) is 0 Å². The summed E-state index contributed by atoms with van der Waals surface area (Å²) in [5.74, 6) is -1.37. The third-order valence-corrected chi connectivity index (χ3v) is 1.61. The Morgan fingerprint density at radius 3 is 2.79 bits per heavy atom. The molecule has 0 fully saturated rings. The summed E-state index contributed by atoms with van der Waals surface area (Å²) < 4.78 is 4.79. The van der Waals surface area contributed by atoms with E-state index in [9.17, 15) is 9.59 Å². The average molecular weight is 218 g/mol. The molecular formula is C8H8ClNO4. The Kier molecular flexibility index (Phi) is 3.53. The van der Waals surface area contributed by atoms with E-state index in [0.717, 1.165) is 0 Å². The molecule has 6 heteroatoms. The second-order valence-electron chi connectivity index (χ2n) is 2.53. The Labute approximate surface area is 84.7 Å². The van der Waals surface area contributed by atoms with Crippen molar-refractivity contribution in [2.75, 3.05) is 6.54 Å². The number of aliphatic carboxylic acids is 1. The Morgan fingerprint density at radius 2 is 2.29 bits per heavy atom.